The van der Waals surface area contributed by atoms with Gasteiger partial charge in [-0.25, -0.2) is 0 Å². The molecule has 0 aliphatic heterocycles. The van der Waals surface area contributed by atoms with Gasteiger partial charge in [-0.05, 0) is 4.92 Å². The number of nitro groups is 1. The maximum Gasteiger partial charge on any atom is 0.364 e. The fourth-order valence-electron chi connectivity index (χ4n) is 0.578. The Morgan fingerprint density at radius 3 is 2.58 bits per heavy atom. The third-order valence-electron chi connectivity index (χ3n) is 1.03. The van der Waals surface area contributed by atoms with Crippen LogP contribution in [0.2, 0.25) is 0 Å². The van der Waals surface area contributed by atoms with Crippen LogP contribution in [0.1, 0.15) is 0 Å². The van der Waals surface area contributed by atoms with Crippen molar-refractivity contribution < 1.29 is 17.2 Å². The molecule has 0 aromatic carbocycles. The summed E-state index contributed by atoms with van der Waals surface area (Å²) >= 11 is 0. The van der Waals surface area contributed by atoms with Crippen LogP contribution in [-0.2, 0) is 10.2 Å². The van der Waals surface area contributed by atoms with Gasteiger partial charge in [0, 0.05) is 0 Å². The summed E-state index contributed by atoms with van der Waals surface area (Å²) in [5, 5.41) is 14.8. The van der Waals surface area contributed by atoms with E-state index in [1.807, 2.05) is 0 Å². The topological polar surface area (TPSA) is 106 Å². The molecule has 0 amide bonds. The molecule has 0 aliphatic carbocycles. The largest absolute Gasteiger partial charge is 0.364 e. The van der Waals surface area contributed by atoms with Crippen molar-refractivity contribution in [3.63, 3.8) is 0 Å². The zero-order chi connectivity index (χ0) is 9.35. The summed E-state index contributed by atoms with van der Waals surface area (Å²) in [5.41, 5.74) is 0. The van der Waals surface area contributed by atoms with Gasteiger partial charge in [0.2, 0.25) is 4.90 Å². The molecule has 1 rings (SSSR count). The van der Waals surface area contributed by atoms with Gasteiger partial charge in [-0.1, -0.05) is 8.98 Å². The summed E-state index contributed by atoms with van der Waals surface area (Å²) in [7, 11) is -5.07. The zero-order valence-corrected chi connectivity index (χ0v) is 6.21. The van der Waals surface area contributed by atoms with Crippen molar-refractivity contribution in [3.05, 3.63) is 16.3 Å². The molecule has 1 aromatic rings. The lowest BCUT2D eigenvalue weighted by Crippen LogP contribution is -1.96. The maximum atomic E-state index is 12.2. The molecule has 1 aromatic heterocycles. The van der Waals surface area contributed by atoms with Gasteiger partial charge in [-0.3, -0.25) is 0 Å². The van der Waals surface area contributed by atoms with Crippen LogP contribution in [0.15, 0.2) is 11.1 Å². The van der Waals surface area contributed by atoms with Gasteiger partial charge in [0.05, 0.1) is 0 Å². The van der Waals surface area contributed by atoms with Crippen molar-refractivity contribution in [3.8, 4) is 0 Å². The van der Waals surface area contributed by atoms with E-state index in [1.54, 1.807) is 5.10 Å². The van der Waals surface area contributed by atoms with E-state index in [1.165, 1.54) is 0 Å². The average Bonchev–Trinajstić information content (AvgIpc) is 2.30. The predicted octanol–water partition coefficient (Wildman–Crippen LogP) is -0.0239. The Labute approximate surface area is 65.6 Å². The lowest BCUT2D eigenvalue weighted by molar-refractivity contribution is -0.392. The number of aromatic amines is 1. The summed E-state index contributed by atoms with van der Waals surface area (Å²) in [5.74, 6) is -0.975. The van der Waals surface area contributed by atoms with Crippen molar-refractivity contribution in [1.29, 1.82) is 0 Å². The van der Waals surface area contributed by atoms with Crippen LogP contribution in [0.25, 0.3) is 0 Å². The fourth-order valence-corrected chi connectivity index (χ4v) is 1.11. The summed E-state index contributed by atoms with van der Waals surface area (Å²) in [4.78, 5) is 7.90. The summed E-state index contributed by atoms with van der Waals surface area (Å²) in [6, 6.07) is 0. The van der Waals surface area contributed by atoms with Crippen LogP contribution in [0.5, 0.6) is 0 Å². The van der Waals surface area contributed by atoms with Gasteiger partial charge in [0.15, 0.2) is 0 Å². The van der Waals surface area contributed by atoms with E-state index in [0.29, 0.717) is 6.20 Å². The Kier molecular flexibility index (Phi) is 1.80. The molecule has 1 N–H and O–H groups in total. The third-order valence-corrected chi connectivity index (χ3v) is 1.86. The van der Waals surface area contributed by atoms with E-state index in [9.17, 15) is 22.4 Å². The number of rotatable bonds is 2. The van der Waals surface area contributed by atoms with Crippen LogP contribution >= 0.6 is 0 Å². The molecular formula is C3H2FN3O4S. The van der Waals surface area contributed by atoms with E-state index >= 15 is 0 Å². The molecule has 12 heavy (non-hydrogen) atoms. The number of H-pyrrole nitrogens is 1. The number of hydrogen-bond donors (Lipinski definition) is 1. The number of aromatic nitrogens is 2. The Morgan fingerprint density at radius 2 is 2.25 bits per heavy atom. The zero-order valence-electron chi connectivity index (χ0n) is 5.39. The fraction of sp³-hybridized carbons (Fsp3) is 0. The van der Waals surface area contributed by atoms with Gasteiger partial charge in [0.25, 0.3) is 0 Å². The van der Waals surface area contributed by atoms with E-state index in [0.717, 1.165) is 0 Å². The van der Waals surface area contributed by atoms with Gasteiger partial charge >= 0.3 is 16.0 Å². The monoisotopic (exact) mass is 195 g/mol. The van der Waals surface area contributed by atoms with Crippen molar-refractivity contribution in [2.45, 2.75) is 4.90 Å². The lowest BCUT2D eigenvalue weighted by atomic mass is 10.6. The minimum atomic E-state index is -5.07. The molecule has 0 bridgehead atoms. The van der Waals surface area contributed by atoms with Crippen molar-refractivity contribution in [2.75, 3.05) is 0 Å². The standard InChI is InChI=1S/C3H2FN3O4S/c4-12(10,11)2-1-5-6-3(2)7(8)9/h1H,(H,5,6). The average molecular weight is 195 g/mol. The number of hydrogen-bond acceptors (Lipinski definition) is 5. The summed E-state index contributed by atoms with van der Waals surface area (Å²) in [6.07, 6.45) is 0.535. The number of nitrogens with one attached hydrogen (secondary N) is 1. The first-order valence-corrected chi connectivity index (χ1v) is 3.93. The summed E-state index contributed by atoms with van der Waals surface area (Å²) < 4.78 is 32.6. The molecule has 1 heterocycles. The second-order valence-corrected chi connectivity index (χ2v) is 3.09. The molecule has 9 heteroatoms. The highest BCUT2D eigenvalue weighted by Gasteiger charge is 2.26. The normalized spacial score (nSPS) is 11.4. The third kappa shape index (κ3) is 1.39. The van der Waals surface area contributed by atoms with E-state index in [-0.39, 0.29) is 0 Å². The highest BCUT2D eigenvalue weighted by Crippen LogP contribution is 2.21. The first-order valence-electron chi connectivity index (χ1n) is 2.55. The van der Waals surface area contributed by atoms with Crippen molar-refractivity contribution in [2.24, 2.45) is 0 Å². The molecule has 0 unspecified atom stereocenters. The Bertz CT molecular complexity index is 409. The molecule has 0 aliphatic rings. The smallest absolute Gasteiger partial charge is 0.358 e. The molecule has 0 spiro atoms. The maximum absolute atomic E-state index is 12.2. The molecule has 0 saturated heterocycles. The molecule has 0 atom stereocenters. The highest BCUT2D eigenvalue weighted by atomic mass is 32.3. The minimum absolute atomic E-state index is 0.535. The molecule has 7 nitrogen and oxygen atoms in total. The van der Waals surface area contributed by atoms with E-state index < -0.39 is 25.9 Å². The van der Waals surface area contributed by atoms with Crippen LogP contribution < -0.4 is 0 Å². The SMILES string of the molecule is O=[N+]([O-])c1[nH]ncc1S(=O)(=O)F. The molecule has 66 valence electrons. The molecule has 0 radical (unpaired) electrons. The van der Waals surface area contributed by atoms with Crippen LogP contribution in [0.4, 0.5) is 9.70 Å². The molecule has 0 fully saturated rings. The van der Waals surface area contributed by atoms with Gasteiger partial charge < -0.3 is 10.1 Å². The Hall–Kier alpha value is -1.51. The second kappa shape index (κ2) is 2.52. The number of nitrogens with zero attached hydrogens (tertiary/aromatic N) is 2. The van der Waals surface area contributed by atoms with Gasteiger partial charge in [-0.15, -0.1) is 5.10 Å². The summed E-state index contributed by atoms with van der Waals surface area (Å²) in [6.45, 7) is 0. The highest BCUT2D eigenvalue weighted by molar-refractivity contribution is 7.86. The van der Waals surface area contributed by atoms with Gasteiger partial charge in [-0.2, -0.15) is 8.42 Å². The van der Waals surface area contributed by atoms with Gasteiger partial charge in [0.1, 0.15) is 6.20 Å². The predicted molar refractivity (Wildman–Crippen MR) is 33.5 cm³/mol. The quantitative estimate of drug-likeness (QED) is 0.405. The van der Waals surface area contributed by atoms with Crippen molar-refractivity contribution in [1.82, 2.24) is 10.2 Å². The molecular weight excluding hydrogens is 193 g/mol. The number of halogens is 1. The Morgan fingerprint density at radius 1 is 1.67 bits per heavy atom. The first-order chi connectivity index (χ1) is 5.43. The molecule has 0 saturated carbocycles. The minimum Gasteiger partial charge on any atom is -0.358 e. The Balaban J connectivity index is 3.36. The van der Waals surface area contributed by atoms with Crippen LogP contribution in [0, 0.1) is 10.1 Å². The van der Waals surface area contributed by atoms with E-state index in [2.05, 4.69) is 5.10 Å². The first kappa shape index (κ1) is 8.59. The van der Waals surface area contributed by atoms with Crippen molar-refractivity contribution >= 4 is 16.0 Å². The lowest BCUT2D eigenvalue weighted by Gasteiger charge is -1.90. The van der Waals surface area contributed by atoms with E-state index in [4.69, 9.17) is 0 Å². The van der Waals surface area contributed by atoms with Crippen LogP contribution in [-0.4, -0.2) is 23.5 Å². The van der Waals surface area contributed by atoms with Crippen LogP contribution in [0.3, 0.4) is 0 Å². The second-order valence-electron chi connectivity index (χ2n) is 1.78.